The summed E-state index contributed by atoms with van der Waals surface area (Å²) in [4.78, 5) is 53.7. The molecule has 13 heteroatoms. The van der Waals surface area contributed by atoms with Crippen LogP contribution in [0.5, 0.6) is 0 Å². The average molecular weight is 548 g/mol. The molecule has 2 aromatic carbocycles. The zero-order chi connectivity index (χ0) is 28.6. The number of carbonyl (C=O) groups excluding carboxylic acids is 3. The molecule has 0 saturated heterocycles. The molecule has 3 N–H and O–H groups in total. The van der Waals surface area contributed by atoms with Gasteiger partial charge in [0.2, 0.25) is 5.65 Å². The van der Waals surface area contributed by atoms with Gasteiger partial charge in [0.1, 0.15) is 23.4 Å². The molecule has 0 saturated carbocycles. The van der Waals surface area contributed by atoms with Crippen LogP contribution in [-0.2, 0) is 17.7 Å². The number of hydrogen-bond acceptors (Lipinski definition) is 7. The number of nitrogens with one attached hydrogen (secondary N) is 2. The van der Waals surface area contributed by atoms with Crippen molar-refractivity contribution in [2.75, 3.05) is 7.11 Å². The van der Waals surface area contributed by atoms with E-state index in [1.165, 1.54) is 25.3 Å². The minimum absolute atomic E-state index is 0.0561. The normalized spacial score (nSPS) is 14.0. The molecule has 0 bridgehead atoms. The monoisotopic (exact) mass is 547 g/mol. The van der Waals surface area contributed by atoms with Gasteiger partial charge in [0.05, 0.1) is 23.6 Å². The van der Waals surface area contributed by atoms with E-state index in [-0.39, 0.29) is 41.1 Å². The van der Waals surface area contributed by atoms with Crippen molar-refractivity contribution in [2.24, 2.45) is 0 Å². The lowest BCUT2D eigenvalue weighted by molar-refractivity contribution is -0.728. The predicted molar refractivity (Wildman–Crippen MR) is 137 cm³/mol. The maximum Gasteiger partial charge on any atom is 0.380 e. The number of carbonyl (C=O) groups is 3. The lowest BCUT2D eigenvalue weighted by Gasteiger charge is -2.15. The molecule has 4 aromatic rings. The fraction of sp³-hybridized carbons (Fsp3) is 0.222. The molecule has 0 spiro atoms. The molecule has 0 unspecified atom stereocenters. The summed E-state index contributed by atoms with van der Waals surface area (Å²) in [6.07, 6.45) is 2.21. The Kier molecular flexibility index (Phi) is 6.94. The number of aromatic nitrogens is 3. The number of methoxy groups -OCH3 is 1. The van der Waals surface area contributed by atoms with E-state index in [0.29, 0.717) is 29.5 Å². The Morgan fingerprint density at radius 1 is 1.18 bits per heavy atom. The first-order chi connectivity index (χ1) is 19.2. The smallest absolute Gasteiger partial charge is 0.380 e. The van der Waals surface area contributed by atoms with Crippen LogP contribution >= 0.6 is 0 Å². The Hall–Kier alpha value is -5.20. The number of rotatable bonds is 7. The quantitative estimate of drug-likeness (QED) is 0.236. The van der Waals surface area contributed by atoms with Crippen molar-refractivity contribution >= 4 is 29.1 Å². The van der Waals surface area contributed by atoms with Gasteiger partial charge in [-0.1, -0.05) is 18.2 Å². The van der Waals surface area contributed by atoms with Crippen molar-refractivity contribution < 1.29 is 33.6 Å². The Balaban J connectivity index is 1.43. The van der Waals surface area contributed by atoms with Crippen LogP contribution in [0.1, 0.15) is 66.1 Å². The number of esters is 1. The number of ether oxygens (including phenoxy) is 1. The first-order valence-electron chi connectivity index (χ1n) is 12.3. The van der Waals surface area contributed by atoms with E-state index in [4.69, 9.17) is 4.74 Å². The number of halogens is 1. The van der Waals surface area contributed by atoms with E-state index in [1.807, 2.05) is 0 Å². The summed E-state index contributed by atoms with van der Waals surface area (Å²) in [6.45, 7) is 1.66. The van der Waals surface area contributed by atoms with Gasteiger partial charge in [-0.25, -0.2) is 23.9 Å². The van der Waals surface area contributed by atoms with Crippen LogP contribution in [-0.4, -0.2) is 49.6 Å². The summed E-state index contributed by atoms with van der Waals surface area (Å²) in [7, 11) is 1.30. The molecule has 2 heterocycles. The highest BCUT2D eigenvalue weighted by Crippen LogP contribution is 2.32. The first kappa shape index (κ1) is 26.4. The first-order valence-corrected chi connectivity index (χ1v) is 12.3. The zero-order valence-corrected chi connectivity index (χ0v) is 21.5. The third kappa shape index (κ3) is 4.96. The lowest BCUT2D eigenvalue weighted by Crippen LogP contribution is -2.30. The molecule has 0 aliphatic heterocycles. The van der Waals surface area contributed by atoms with Gasteiger partial charge in [-0.15, -0.1) is 0 Å². The van der Waals surface area contributed by atoms with E-state index in [0.717, 1.165) is 21.8 Å². The molecule has 1 atom stereocenters. The summed E-state index contributed by atoms with van der Waals surface area (Å²) < 4.78 is 19.4. The highest BCUT2D eigenvalue weighted by molar-refractivity contribution is 5.99. The molecule has 5 rings (SSSR count). The van der Waals surface area contributed by atoms with Crippen molar-refractivity contribution in [3.05, 3.63) is 98.6 Å². The minimum atomic E-state index is -0.664. The fourth-order valence-electron chi connectivity index (χ4n) is 4.70. The lowest BCUT2D eigenvalue weighted by atomic mass is 10.0. The number of hydrogen-bond donors (Lipinski definition) is 3. The number of benzene rings is 2. The number of aryl methyl sites for hydroxylation is 2. The van der Waals surface area contributed by atoms with Crippen molar-refractivity contribution in [2.45, 2.75) is 32.4 Å². The number of amides is 2. The van der Waals surface area contributed by atoms with Crippen molar-refractivity contribution in [3.8, 4) is 0 Å². The van der Waals surface area contributed by atoms with Gasteiger partial charge in [-0.2, -0.15) is 5.10 Å². The fourth-order valence-corrected chi connectivity index (χ4v) is 4.70. The molecule has 2 aromatic heterocycles. The second kappa shape index (κ2) is 10.5. The third-order valence-corrected chi connectivity index (χ3v) is 6.75. The summed E-state index contributed by atoms with van der Waals surface area (Å²) in [5.41, 5.74) is 2.34. The molecule has 204 valence electrons. The Labute approximate surface area is 226 Å². The number of nitrogens with zero attached hydrogens (tertiary/aromatic N) is 4. The van der Waals surface area contributed by atoms with E-state index < -0.39 is 22.7 Å². The van der Waals surface area contributed by atoms with Crippen LogP contribution in [0.15, 0.2) is 48.7 Å². The van der Waals surface area contributed by atoms with Gasteiger partial charge in [0, 0.05) is 12.6 Å². The second-order valence-corrected chi connectivity index (χ2v) is 9.30. The Morgan fingerprint density at radius 2 is 1.98 bits per heavy atom. The minimum Gasteiger partial charge on any atom is -0.465 e. The summed E-state index contributed by atoms with van der Waals surface area (Å²) in [5, 5.41) is 19.1. The van der Waals surface area contributed by atoms with Crippen molar-refractivity contribution in [3.63, 3.8) is 0 Å². The topological polar surface area (TPSA) is 155 Å². The maximum absolute atomic E-state index is 13.6. The van der Waals surface area contributed by atoms with Crippen LogP contribution < -0.4 is 10.6 Å². The van der Waals surface area contributed by atoms with Gasteiger partial charge < -0.3 is 15.4 Å². The van der Waals surface area contributed by atoms with Crippen molar-refractivity contribution in [1.29, 1.82) is 0 Å². The summed E-state index contributed by atoms with van der Waals surface area (Å²) >= 11 is 0. The van der Waals surface area contributed by atoms with Gasteiger partial charge in [-0.3, -0.25) is 9.59 Å². The van der Waals surface area contributed by atoms with E-state index >= 15 is 0 Å². The van der Waals surface area contributed by atoms with Crippen molar-refractivity contribution in [1.82, 2.24) is 25.2 Å². The molecule has 2 amide bonds. The molecule has 12 nitrogen and oxygen atoms in total. The third-order valence-electron chi connectivity index (χ3n) is 6.75. The molecule has 40 heavy (non-hydrogen) atoms. The van der Waals surface area contributed by atoms with Gasteiger partial charge in [-0.05, 0) is 60.2 Å². The largest absolute Gasteiger partial charge is 0.465 e. The predicted octanol–water partition coefficient (Wildman–Crippen LogP) is 3.11. The SMILES string of the molecule is COC(=O)c1ccc2c(c1)CC[C@@H]2NC(=O)c1cc(C(=O)NCc2ccc(F)c(C)c2)nc2c([N+](=O)O)cnn12. The van der Waals surface area contributed by atoms with Gasteiger partial charge >= 0.3 is 11.7 Å². The standard InChI is InChI=1S/C27H23FN6O6/c1-14-9-15(3-7-19(14)28)12-29-25(35)21-11-22(33-24(31-21)23(13-30-33)34(38)39)26(36)32-20-8-5-16-10-17(27(37)40-2)4-6-18(16)20/h3-4,6-7,9-11,13,20H,5,8,12H2,1-2H3,(H2-,29,32,35,36,38,39)/p+1/t20-/m0/s1. The summed E-state index contributed by atoms with van der Waals surface area (Å²) in [5.74, 6) is -2.09. The van der Waals surface area contributed by atoms with E-state index in [2.05, 4.69) is 20.7 Å². The van der Waals surface area contributed by atoms with Gasteiger partial charge in [0.25, 0.3) is 16.7 Å². The van der Waals surface area contributed by atoms with E-state index in [9.17, 15) is 28.9 Å². The highest BCUT2D eigenvalue weighted by Gasteiger charge is 2.30. The van der Waals surface area contributed by atoms with Crippen LogP contribution in [0.3, 0.4) is 0 Å². The number of fused-ring (bicyclic) bond motifs is 2. The average Bonchev–Trinajstić information content (AvgIpc) is 3.56. The Morgan fingerprint density at radius 3 is 2.70 bits per heavy atom. The van der Waals surface area contributed by atoms with Gasteiger partial charge in [0.15, 0.2) is 0 Å². The maximum atomic E-state index is 13.6. The molecule has 0 fully saturated rings. The second-order valence-electron chi connectivity index (χ2n) is 9.30. The van der Waals surface area contributed by atoms with Crippen LogP contribution in [0.2, 0.25) is 0 Å². The molecular formula is C27H24FN6O6+. The Bertz CT molecular complexity index is 1700. The van der Waals surface area contributed by atoms with Crippen LogP contribution in [0, 0.1) is 17.6 Å². The summed E-state index contributed by atoms with van der Waals surface area (Å²) in [6, 6.07) is 10.4. The molecule has 0 radical (unpaired) electrons. The van der Waals surface area contributed by atoms with E-state index in [1.54, 1.807) is 31.2 Å². The van der Waals surface area contributed by atoms with Crippen LogP contribution in [0.25, 0.3) is 5.65 Å². The zero-order valence-electron chi connectivity index (χ0n) is 21.5. The molecule has 1 aliphatic carbocycles. The molecule has 1 aliphatic rings. The molecular weight excluding hydrogens is 523 g/mol. The highest BCUT2D eigenvalue weighted by atomic mass is 19.1. The van der Waals surface area contributed by atoms with Crippen LogP contribution in [0.4, 0.5) is 10.1 Å².